The van der Waals surface area contributed by atoms with Crippen LogP contribution in [0.5, 0.6) is 0 Å². The molecule has 1 aromatic rings. The van der Waals surface area contributed by atoms with Crippen molar-refractivity contribution in [1.82, 2.24) is 5.32 Å². The molecule has 0 aliphatic heterocycles. The van der Waals surface area contributed by atoms with Crippen LogP contribution in [-0.4, -0.2) is 36.7 Å². The zero-order valence-corrected chi connectivity index (χ0v) is 13.9. The number of alkyl carbamates (subject to hydrolysis) is 1. The Kier molecular flexibility index (Phi) is 9.14. The number of rotatable bonds is 9. The molecule has 1 unspecified atom stereocenters. The summed E-state index contributed by atoms with van der Waals surface area (Å²) in [5.41, 5.74) is 0.894. The van der Waals surface area contributed by atoms with Gasteiger partial charge in [0.15, 0.2) is 0 Å². The van der Waals surface area contributed by atoms with E-state index in [-0.39, 0.29) is 6.61 Å². The van der Waals surface area contributed by atoms with Crippen molar-refractivity contribution in [2.75, 3.05) is 18.6 Å². The lowest BCUT2D eigenvalue weighted by Gasteiger charge is -2.16. The Bertz CT molecular complexity index is 453. The van der Waals surface area contributed by atoms with Gasteiger partial charge in [-0.25, -0.2) is 9.59 Å². The smallest absolute Gasteiger partial charge is 0.408 e. The highest BCUT2D eigenvalue weighted by atomic mass is 32.2. The van der Waals surface area contributed by atoms with Gasteiger partial charge in [0, 0.05) is 0 Å². The Morgan fingerprint density at radius 3 is 2.59 bits per heavy atom. The van der Waals surface area contributed by atoms with Crippen molar-refractivity contribution in [2.24, 2.45) is 0 Å². The Morgan fingerprint density at radius 2 is 1.95 bits per heavy atom. The predicted octanol–water partition coefficient (Wildman–Crippen LogP) is 2.99. The zero-order chi connectivity index (χ0) is 16.2. The van der Waals surface area contributed by atoms with Crippen molar-refractivity contribution < 1.29 is 19.1 Å². The number of benzene rings is 1. The van der Waals surface area contributed by atoms with Crippen LogP contribution in [0.3, 0.4) is 0 Å². The lowest BCUT2D eigenvalue weighted by atomic mass is 10.2. The summed E-state index contributed by atoms with van der Waals surface area (Å²) in [5, 5.41) is 2.57. The van der Waals surface area contributed by atoms with Crippen LogP contribution in [0.15, 0.2) is 30.3 Å². The molecule has 0 saturated heterocycles. The number of esters is 1. The monoisotopic (exact) mass is 325 g/mol. The van der Waals surface area contributed by atoms with Gasteiger partial charge in [-0.3, -0.25) is 0 Å². The number of thioether (sulfide) groups is 1. The molecule has 1 N–H and O–H groups in total. The number of hydrogen-bond acceptors (Lipinski definition) is 5. The van der Waals surface area contributed by atoms with Gasteiger partial charge in [-0.05, 0) is 29.9 Å². The first kappa shape index (κ1) is 18.4. The van der Waals surface area contributed by atoms with Gasteiger partial charge in [-0.15, -0.1) is 0 Å². The molecule has 0 bridgehead atoms. The first-order valence-electron chi connectivity index (χ1n) is 7.30. The number of methoxy groups -OCH3 is 1. The summed E-state index contributed by atoms with van der Waals surface area (Å²) in [7, 11) is 1.31. The number of hydrogen-bond donors (Lipinski definition) is 1. The molecule has 122 valence electrons. The highest BCUT2D eigenvalue weighted by Crippen LogP contribution is 2.08. The highest BCUT2D eigenvalue weighted by molar-refractivity contribution is 7.99. The number of carbonyl (C=O) groups is 2. The molecular weight excluding hydrogens is 302 g/mol. The zero-order valence-electron chi connectivity index (χ0n) is 13.0. The van der Waals surface area contributed by atoms with E-state index in [4.69, 9.17) is 9.47 Å². The highest BCUT2D eigenvalue weighted by Gasteiger charge is 2.21. The van der Waals surface area contributed by atoms with E-state index < -0.39 is 18.1 Å². The van der Waals surface area contributed by atoms with Crippen LogP contribution in [0, 0.1) is 0 Å². The summed E-state index contributed by atoms with van der Waals surface area (Å²) < 4.78 is 9.83. The molecule has 0 aromatic heterocycles. The topological polar surface area (TPSA) is 64.6 Å². The second kappa shape index (κ2) is 11.0. The minimum absolute atomic E-state index is 0.172. The van der Waals surface area contributed by atoms with Crippen molar-refractivity contribution in [3.05, 3.63) is 35.9 Å². The molecule has 0 aliphatic rings. The molecule has 0 radical (unpaired) electrons. The predicted molar refractivity (Wildman–Crippen MR) is 87.8 cm³/mol. The Morgan fingerprint density at radius 1 is 1.23 bits per heavy atom. The van der Waals surface area contributed by atoms with Crippen molar-refractivity contribution >= 4 is 23.8 Å². The first-order chi connectivity index (χ1) is 10.7. The lowest BCUT2D eigenvalue weighted by Crippen LogP contribution is -2.42. The minimum Gasteiger partial charge on any atom is -0.467 e. The largest absolute Gasteiger partial charge is 0.467 e. The van der Waals surface area contributed by atoms with Crippen molar-refractivity contribution in [1.29, 1.82) is 0 Å². The van der Waals surface area contributed by atoms with Gasteiger partial charge in [-0.1, -0.05) is 37.3 Å². The van der Waals surface area contributed by atoms with Gasteiger partial charge >= 0.3 is 12.1 Å². The number of nitrogens with one attached hydrogen (secondary N) is 1. The molecule has 0 aliphatic carbocycles. The molecule has 1 amide bonds. The van der Waals surface area contributed by atoms with Gasteiger partial charge in [0.05, 0.1) is 7.11 Å². The molecular formula is C16H23NO4S. The van der Waals surface area contributed by atoms with Gasteiger partial charge in [-0.2, -0.15) is 11.8 Å². The Balaban J connectivity index is 2.39. The van der Waals surface area contributed by atoms with Crippen molar-refractivity contribution in [2.45, 2.75) is 32.4 Å². The van der Waals surface area contributed by atoms with E-state index in [1.165, 1.54) is 7.11 Å². The summed E-state index contributed by atoms with van der Waals surface area (Å²) in [6.07, 6.45) is 0.998. The summed E-state index contributed by atoms with van der Waals surface area (Å²) in [6.45, 7) is 2.27. The van der Waals surface area contributed by atoms with E-state index >= 15 is 0 Å². The lowest BCUT2D eigenvalue weighted by molar-refractivity contribution is -0.143. The van der Waals surface area contributed by atoms with Crippen molar-refractivity contribution in [3.8, 4) is 0 Å². The fourth-order valence-electron chi connectivity index (χ4n) is 1.75. The summed E-state index contributed by atoms with van der Waals surface area (Å²) in [4.78, 5) is 23.5. The van der Waals surface area contributed by atoms with E-state index in [1.807, 2.05) is 30.3 Å². The fourth-order valence-corrected chi connectivity index (χ4v) is 2.64. The third-order valence-corrected chi connectivity index (χ3v) is 4.11. The van der Waals surface area contributed by atoms with Gasteiger partial charge < -0.3 is 14.8 Å². The molecule has 5 nitrogen and oxygen atoms in total. The molecule has 6 heteroatoms. The van der Waals surface area contributed by atoms with Crippen LogP contribution in [0.4, 0.5) is 4.79 Å². The molecule has 22 heavy (non-hydrogen) atoms. The average molecular weight is 325 g/mol. The van der Waals surface area contributed by atoms with Gasteiger partial charge in [0.2, 0.25) is 0 Å². The fraction of sp³-hybridized carbons (Fsp3) is 0.500. The van der Waals surface area contributed by atoms with E-state index in [1.54, 1.807) is 11.8 Å². The number of amides is 1. The maximum atomic E-state index is 11.8. The average Bonchev–Trinajstić information content (AvgIpc) is 2.56. The second-order valence-corrected chi connectivity index (χ2v) is 5.91. The Labute approximate surface area is 135 Å². The maximum Gasteiger partial charge on any atom is 0.408 e. The number of carbonyl (C=O) groups excluding carboxylic acids is 2. The van der Waals surface area contributed by atoms with E-state index in [0.717, 1.165) is 23.5 Å². The first-order valence-corrected chi connectivity index (χ1v) is 8.45. The van der Waals surface area contributed by atoms with Crippen LogP contribution in [0.25, 0.3) is 0 Å². The third kappa shape index (κ3) is 7.36. The van der Waals surface area contributed by atoms with Crippen LogP contribution in [-0.2, 0) is 20.9 Å². The van der Waals surface area contributed by atoms with Gasteiger partial charge in [0.1, 0.15) is 12.6 Å². The quantitative estimate of drug-likeness (QED) is 0.558. The minimum atomic E-state index is -0.669. The molecule has 1 rings (SSSR count). The van der Waals surface area contributed by atoms with Gasteiger partial charge in [0.25, 0.3) is 0 Å². The van der Waals surface area contributed by atoms with Crippen LogP contribution in [0.2, 0.25) is 0 Å². The van der Waals surface area contributed by atoms with Crippen LogP contribution < -0.4 is 5.32 Å². The molecule has 0 spiro atoms. The summed E-state index contributed by atoms with van der Waals surface area (Å²) in [5.74, 6) is 1.37. The van der Waals surface area contributed by atoms with E-state index in [0.29, 0.717) is 6.42 Å². The third-order valence-electron chi connectivity index (χ3n) is 2.89. The van der Waals surface area contributed by atoms with E-state index in [9.17, 15) is 9.59 Å². The van der Waals surface area contributed by atoms with Crippen LogP contribution >= 0.6 is 11.8 Å². The molecule has 0 fully saturated rings. The molecule has 1 atom stereocenters. The molecule has 1 aromatic carbocycles. The van der Waals surface area contributed by atoms with Crippen molar-refractivity contribution in [3.63, 3.8) is 0 Å². The molecule has 0 saturated carbocycles. The standard InChI is InChI=1S/C16H23NO4S/c1-3-10-22-11-9-14(15(18)20-2)17-16(19)21-12-13-7-5-4-6-8-13/h4-8,14H,3,9-12H2,1-2H3,(H,17,19). The Hall–Kier alpha value is -1.69. The molecule has 0 heterocycles. The van der Waals surface area contributed by atoms with Crippen LogP contribution in [0.1, 0.15) is 25.3 Å². The SMILES string of the molecule is CCCSCCC(NC(=O)OCc1ccccc1)C(=O)OC. The summed E-state index contributed by atoms with van der Waals surface area (Å²) in [6, 6.07) is 8.71. The number of ether oxygens (including phenoxy) is 2. The normalized spacial score (nSPS) is 11.5. The second-order valence-electron chi connectivity index (χ2n) is 4.68. The maximum absolute atomic E-state index is 11.8. The van der Waals surface area contributed by atoms with E-state index in [2.05, 4.69) is 12.2 Å². The summed E-state index contributed by atoms with van der Waals surface area (Å²) >= 11 is 1.75.